The molecule has 0 unspecified atom stereocenters. The molecule has 8 heteroatoms. The Hall–Kier alpha value is -2.38. The van der Waals surface area contributed by atoms with E-state index < -0.39 is 17.6 Å². The minimum atomic E-state index is -4.58. The van der Waals surface area contributed by atoms with Crippen molar-refractivity contribution in [1.82, 2.24) is 4.98 Å². The lowest BCUT2D eigenvalue weighted by atomic mass is 10.0. The molecule has 28 heavy (non-hydrogen) atoms. The van der Waals surface area contributed by atoms with Gasteiger partial charge in [-0.1, -0.05) is 45.7 Å². The molecule has 3 aromatic rings. The number of anilines is 1. The molecule has 3 rings (SSSR count). The van der Waals surface area contributed by atoms with Crippen LogP contribution in [0.2, 0.25) is 5.02 Å². The molecule has 0 fully saturated rings. The van der Waals surface area contributed by atoms with Crippen LogP contribution in [0.3, 0.4) is 0 Å². The predicted molar refractivity (Wildman–Crippen MR) is 107 cm³/mol. The van der Waals surface area contributed by atoms with Crippen LogP contribution in [0.5, 0.6) is 0 Å². The number of aromatic nitrogens is 1. The first-order valence-corrected chi connectivity index (χ1v) is 9.21. The maximum Gasteiger partial charge on any atom is 0.417 e. The Kier molecular flexibility index (Phi) is 5.76. The van der Waals surface area contributed by atoms with E-state index in [2.05, 4.69) is 20.9 Å². The highest BCUT2D eigenvalue weighted by Crippen LogP contribution is 2.37. The molecule has 0 radical (unpaired) electrons. The summed E-state index contributed by atoms with van der Waals surface area (Å²) in [4.78, 5) is 18.2. The normalized spacial score (nSPS) is 11.4. The van der Waals surface area contributed by atoms with Crippen LogP contribution in [0.15, 0.2) is 65.4 Å². The zero-order valence-electron chi connectivity index (χ0n) is 14.5. The maximum atomic E-state index is 13.2. The molecule has 1 aromatic heterocycles. The summed E-state index contributed by atoms with van der Waals surface area (Å²) in [5, 5.41) is 0.485. The molecule has 2 aromatic carbocycles. The van der Waals surface area contributed by atoms with Crippen LogP contribution in [0.25, 0.3) is 11.1 Å². The molecule has 0 saturated heterocycles. The van der Waals surface area contributed by atoms with Gasteiger partial charge in [0.15, 0.2) is 0 Å². The third-order valence-corrected chi connectivity index (χ3v) is 5.17. The van der Waals surface area contributed by atoms with Crippen LogP contribution >= 0.6 is 27.5 Å². The van der Waals surface area contributed by atoms with Crippen molar-refractivity contribution >= 4 is 39.1 Å². The summed E-state index contributed by atoms with van der Waals surface area (Å²) in [5.74, 6) is -0.598. The average Bonchev–Trinajstić information content (AvgIpc) is 2.67. The first-order valence-electron chi connectivity index (χ1n) is 8.04. The second-order valence-corrected chi connectivity index (χ2v) is 7.19. The number of hydrogen-bond donors (Lipinski definition) is 0. The van der Waals surface area contributed by atoms with E-state index in [-0.39, 0.29) is 10.0 Å². The highest BCUT2D eigenvalue weighted by Gasteiger charge is 2.34. The molecule has 144 valence electrons. The minimum Gasteiger partial charge on any atom is -0.309 e. The Morgan fingerprint density at radius 3 is 2.50 bits per heavy atom. The van der Waals surface area contributed by atoms with Gasteiger partial charge in [-0.25, -0.2) is 0 Å². The molecule has 0 saturated carbocycles. The molecule has 3 nitrogen and oxygen atoms in total. The van der Waals surface area contributed by atoms with Crippen molar-refractivity contribution in [3.8, 4) is 11.1 Å². The van der Waals surface area contributed by atoms with Crippen molar-refractivity contribution in [1.29, 1.82) is 0 Å². The van der Waals surface area contributed by atoms with E-state index in [1.54, 1.807) is 36.5 Å². The lowest BCUT2D eigenvalue weighted by molar-refractivity contribution is -0.138. The topological polar surface area (TPSA) is 33.2 Å². The van der Waals surface area contributed by atoms with Crippen molar-refractivity contribution in [3.63, 3.8) is 0 Å². The molecule has 0 aliphatic heterocycles. The standard InChI is InChI=1S/C20H13BrClF3N2O/c1-27(19(28)12-6-7-16(21)15(10-12)20(23,24)25)18-11-26-9-8-14(18)13-4-2-3-5-17(13)22/h2-11H,1H3. The molecule has 0 N–H and O–H groups in total. The van der Waals surface area contributed by atoms with E-state index >= 15 is 0 Å². The van der Waals surface area contributed by atoms with E-state index in [0.29, 0.717) is 21.8 Å². The summed E-state index contributed by atoms with van der Waals surface area (Å²) in [5.41, 5.74) is 0.755. The number of halogens is 5. The van der Waals surface area contributed by atoms with Crippen LogP contribution in [-0.4, -0.2) is 17.9 Å². The molecule has 0 aliphatic rings. The highest BCUT2D eigenvalue weighted by atomic mass is 79.9. The van der Waals surface area contributed by atoms with Crippen molar-refractivity contribution in [2.75, 3.05) is 11.9 Å². The van der Waals surface area contributed by atoms with E-state index in [1.165, 1.54) is 30.3 Å². The van der Waals surface area contributed by atoms with Crippen molar-refractivity contribution in [3.05, 3.63) is 81.5 Å². The molecule has 1 amide bonds. The first-order chi connectivity index (χ1) is 13.2. The zero-order valence-corrected chi connectivity index (χ0v) is 16.8. The summed E-state index contributed by atoms with van der Waals surface area (Å²) >= 11 is 9.14. The Balaban J connectivity index is 2.04. The molecule has 0 atom stereocenters. The van der Waals surface area contributed by atoms with Gasteiger partial charge < -0.3 is 4.90 Å². The van der Waals surface area contributed by atoms with Gasteiger partial charge in [-0.05, 0) is 30.3 Å². The summed E-state index contributed by atoms with van der Waals surface area (Å²) < 4.78 is 39.4. The van der Waals surface area contributed by atoms with Gasteiger partial charge in [-0.15, -0.1) is 0 Å². The molecule has 1 heterocycles. The number of benzene rings is 2. The molecule has 0 aliphatic carbocycles. The molecular formula is C20H13BrClF3N2O. The van der Waals surface area contributed by atoms with Gasteiger partial charge in [0.1, 0.15) is 0 Å². The fraction of sp³-hybridized carbons (Fsp3) is 0.100. The second kappa shape index (κ2) is 7.93. The van der Waals surface area contributed by atoms with Crippen LogP contribution in [0.1, 0.15) is 15.9 Å². The monoisotopic (exact) mass is 468 g/mol. The number of hydrogen-bond acceptors (Lipinski definition) is 2. The van der Waals surface area contributed by atoms with E-state index in [9.17, 15) is 18.0 Å². The lowest BCUT2D eigenvalue weighted by Crippen LogP contribution is -2.27. The summed E-state index contributed by atoms with van der Waals surface area (Å²) in [6.07, 6.45) is -1.55. The van der Waals surface area contributed by atoms with E-state index in [1.807, 2.05) is 0 Å². The lowest BCUT2D eigenvalue weighted by Gasteiger charge is -2.21. The Labute approximate surface area is 172 Å². The SMILES string of the molecule is CN(C(=O)c1ccc(Br)c(C(F)(F)F)c1)c1cnccc1-c1ccccc1Cl. The van der Waals surface area contributed by atoms with Crippen molar-refractivity contribution in [2.45, 2.75) is 6.18 Å². The van der Waals surface area contributed by atoms with E-state index in [0.717, 1.165) is 6.07 Å². The van der Waals surface area contributed by atoms with Crippen LogP contribution < -0.4 is 4.90 Å². The van der Waals surface area contributed by atoms with Gasteiger partial charge in [0.2, 0.25) is 0 Å². The number of rotatable bonds is 3. The molecule has 0 bridgehead atoms. The van der Waals surface area contributed by atoms with Gasteiger partial charge in [0, 0.05) is 39.4 Å². The maximum absolute atomic E-state index is 13.2. The predicted octanol–water partition coefficient (Wildman–Crippen LogP) is 6.46. The van der Waals surface area contributed by atoms with Gasteiger partial charge in [-0.3, -0.25) is 9.78 Å². The van der Waals surface area contributed by atoms with Crippen molar-refractivity contribution < 1.29 is 18.0 Å². The van der Waals surface area contributed by atoms with Crippen LogP contribution in [-0.2, 0) is 6.18 Å². The Morgan fingerprint density at radius 1 is 1.11 bits per heavy atom. The number of amides is 1. The van der Waals surface area contributed by atoms with Crippen molar-refractivity contribution in [2.24, 2.45) is 0 Å². The summed E-state index contributed by atoms with van der Waals surface area (Å²) in [6, 6.07) is 12.2. The highest BCUT2D eigenvalue weighted by molar-refractivity contribution is 9.10. The fourth-order valence-corrected chi connectivity index (χ4v) is 3.45. The van der Waals surface area contributed by atoms with Gasteiger partial charge in [-0.2, -0.15) is 13.2 Å². The van der Waals surface area contributed by atoms with Gasteiger partial charge in [0.25, 0.3) is 5.91 Å². The number of carbonyl (C=O) groups excluding carboxylic acids is 1. The van der Waals surface area contributed by atoms with E-state index in [4.69, 9.17) is 11.6 Å². The van der Waals surface area contributed by atoms with Gasteiger partial charge in [0.05, 0.1) is 17.4 Å². The zero-order chi connectivity index (χ0) is 20.5. The molecular weight excluding hydrogens is 457 g/mol. The largest absolute Gasteiger partial charge is 0.417 e. The fourth-order valence-electron chi connectivity index (χ4n) is 2.74. The summed E-state index contributed by atoms with van der Waals surface area (Å²) in [7, 11) is 1.48. The third kappa shape index (κ3) is 4.05. The minimum absolute atomic E-state index is 0.0908. The second-order valence-electron chi connectivity index (χ2n) is 5.93. The Morgan fingerprint density at radius 2 is 1.82 bits per heavy atom. The van der Waals surface area contributed by atoms with Crippen LogP contribution in [0, 0.1) is 0 Å². The third-order valence-electron chi connectivity index (χ3n) is 4.15. The number of pyridine rings is 1. The van der Waals surface area contributed by atoms with Crippen LogP contribution in [0.4, 0.5) is 18.9 Å². The number of nitrogens with zero attached hydrogens (tertiary/aromatic N) is 2. The number of alkyl halides is 3. The van der Waals surface area contributed by atoms with Gasteiger partial charge >= 0.3 is 6.18 Å². The number of carbonyl (C=O) groups is 1. The molecule has 0 spiro atoms. The first kappa shape index (κ1) is 20.4. The quantitative estimate of drug-likeness (QED) is 0.441. The summed E-state index contributed by atoms with van der Waals surface area (Å²) in [6.45, 7) is 0. The smallest absolute Gasteiger partial charge is 0.309 e. The average molecular weight is 470 g/mol. The Bertz CT molecular complexity index is 1040.